The van der Waals surface area contributed by atoms with Gasteiger partial charge in [-0.3, -0.25) is 4.57 Å². The number of aromatic nitrogens is 4. The van der Waals surface area contributed by atoms with Gasteiger partial charge in [-0.25, -0.2) is 23.5 Å². The second-order valence-electron chi connectivity index (χ2n) is 7.23. The van der Waals surface area contributed by atoms with Gasteiger partial charge in [-0.15, -0.1) is 0 Å². The van der Waals surface area contributed by atoms with E-state index in [0.717, 1.165) is 23.5 Å². The lowest BCUT2D eigenvalue weighted by molar-refractivity contribution is 0.262. The molecule has 168 valence electrons. The summed E-state index contributed by atoms with van der Waals surface area (Å²) in [5, 5.41) is 5.04. The molecule has 0 spiro atoms. The Kier molecular flexibility index (Phi) is 5.99. The van der Waals surface area contributed by atoms with Crippen LogP contribution in [0.5, 0.6) is 11.6 Å². The number of nitrogens with one attached hydrogen (secondary N) is 2. The summed E-state index contributed by atoms with van der Waals surface area (Å²) in [4.78, 5) is 25.2. The highest BCUT2D eigenvalue weighted by atomic mass is 19.2. The number of imidazole rings is 1. The zero-order chi connectivity index (χ0) is 23.5. The molecule has 2 aromatic carbocycles. The summed E-state index contributed by atoms with van der Waals surface area (Å²) in [6, 6.07) is 10.8. The van der Waals surface area contributed by atoms with Crippen molar-refractivity contribution in [1.29, 1.82) is 0 Å². The number of ether oxygens (including phenoxy) is 1. The van der Waals surface area contributed by atoms with Crippen LogP contribution in [0.15, 0.2) is 54.9 Å². The molecule has 0 radical (unpaired) electrons. The molecule has 4 aromatic rings. The van der Waals surface area contributed by atoms with E-state index in [9.17, 15) is 13.6 Å². The molecular formula is C23H20F2N6O2. The Morgan fingerprint density at radius 1 is 0.909 bits per heavy atom. The van der Waals surface area contributed by atoms with E-state index in [1.54, 1.807) is 43.6 Å². The van der Waals surface area contributed by atoms with Crippen LogP contribution in [-0.4, -0.2) is 25.6 Å². The van der Waals surface area contributed by atoms with Gasteiger partial charge in [0.05, 0.1) is 5.69 Å². The van der Waals surface area contributed by atoms with Crippen molar-refractivity contribution in [2.24, 2.45) is 0 Å². The number of hydrogen-bond acceptors (Lipinski definition) is 5. The Morgan fingerprint density at radius 3 is 2.27 bits per heavy atom. The van der Waals surface area contributed by atoms with E-state index >= 15 is 0 Å². The largest absolute Gasteiger partial charge is 0.439 e. The van der Waals surface area contributed by atoms with Crippen molar-refractivity contribution in [1.82, 2.24) is 19.5 Å². The fraction of sp³-hybridized carbons (Fsp3) is 0.130. The van der Waals surface area contributed by atoms with Gasteiger partial charge in [-0.1, -0.05) is 0 Å². The summed E-state index contributed by atoms with van der Waals surface area (Å²) in [5.74, 6) is 0.0148. The first-order valence-electron chi connectivity index (χ1n) is 9.96. The maximum Gasteiger partial charge on any atom is 0.323 e. The first kappa shape index (κ1) is 21.9. The van der Waals surface area contributed by atoms with Crippen LogP contribution in [0.4, 0.5) is 25.0 Å². The van der Waals surface area contributed by atoms with Crippen molar-refractivity contribution < 1.29 is 18.3 Å². The molecule has 0 aliphatic carbocycles. The molecular weight excluding hydrogens is 430 g/mol. The van der Waals surface area contributed by atoms with Crippen molar-refractivity contribution in [2.75, 3.05) is 10.6 Å². The molecule has 0 atom stereocenters. The number of hydrogen-bond donors (Lipinski definition) is 2. The van der Waals surface area contributed by atoms with Crippen LogP contribution >= 0.6 is 0 Å². The molecule has 2 heterocycles. The predicted molar refractivity (Wildman–Crippen MR) is 119 cm³/mol. The molecule has 0 aliphatic rings. The Labute approximate surface area is 188 Å². The minimum Gasteiger partial charge on any atom is -0.439 e. The topological polar surface area (TPSA) is 94.0 Å². The number of nitrogens with zero attached hydrogens (tertiary/aromatic N) is 4. The number of carbonyl (C=O) groups is 1. The third-order valence-corrected chi connectivity index (χ3v) is 4.81. The molecule has 0 aliphatic heterocycles. The average molecular weight is 450 g/mol. The molecule has 2 amide bonds. The van der Waals surface area contributed by atoms with Gasteiger partial charge in [0.1, 0.15) is 23.7 Å². The third kappa shape index (κ3) is 5.12. The molecule has 4 rings (SSSR count). The fourth-order valence-corrected chi connectivity index (χ4v) is 3.02. The van der Waals surface area contributed by atoms with Crippen molar-refractivity contribution in [3.63, 3.8) is 0 Å². The lowest BCUT2D eigenvalue weighted by Crippen LogP contribution is -2.19. The lowest BCUT2D eigenvalue weighted by Gasteiger charge is -2.11. The Bertz CT molecular complexity index is 1320. The van der Waals surface area contributed by atoms with Crippen LogP contribution in [0.3, 0.4) is 0 Å². The van der Waals surface area contributed by atoms with Crippen molar-refractivity contribution >= 4 is 17.4 Å². The molecule has 33 heavy (non-hydrogen) atoms. The highest BCUT2D eigenvalue weighted by Gasteiger charge is 2.11. The van der Waals surface area contributed by atoms with Crippen molar-refractivity contribution in [3.8, 4) is 17.4 Å². The number of aryl methyl sites for hydroxylation is 2. The van der Waals surface area contributed by atoms with Crippen molar-refractivity contribution in [2.45, 2.75) is 20.8 Å². The van der Waals surface area contributed by atoms with Crippen LogP contribution in [0.1, 0.15) is 17.2 Å². The smallest absolute Gasteiger partial charge is 0.323 e. The molecule has 0 unspecified atom stereocenters. The Balaban J connectivity index is 1.43. The monoisotopic (exact) mass is 450 g/mol. The van der Waals surface area contributed by atoms with Gasteiger partial charge in [-0.2, -0.15) is 4.98 Å². The van der Waals surface area contributed by atoms with E-state index in [4.69, 9.17) is 4.74 Å². The molecule has 2 N–H and O–H groups in total. The van der Waals surface area contributed by atoms with E-state index < -0.39 is 17.7 Å². The molecule has 0 saturated heterocycles. The van der Waals surface area contributed by atoms with E-state index in [2.05, 4.69) is 25.6 Å². The standard InChI is InChI=1S/C23H20F2N6O2/c1-13-14(2)31(12-26-13)21-11-22(28-15(3)27-21)33-18-7-4-16(5-8-18)29-23(32)30-17-6-9-19(24)20(25)10-17/h4-12H,1-3H3,(H2,29,30,32). The minimum atomic E-state index is -1.05. The highest BCUT2D eigenvalue weighted by molar-refractivity contribution is 5.99. The summed E-state index contributed by atoms with van der Waals surface area (Å²) < 4.78 is 34.0. The summed E-state index contributed by atoms with van der Waals surface area (Å²) in [7, 11) is 0. The Morgan fingerprint density at radius 2 is 1.61 bits per heavy atom. The third-order valence-electron chi connectivity index (χ3n) is 4.81. The van der Waals surface area contributed by atoms with Crippen LogP contribution in [-0.2, 0) is 0 Å². The van der Waals surface area contributed by atoms with E-state index in [-0.39, 0.29) is 5.69 Å². The number of rotatable bonds is 5. The zero-order valence-corrected chi connectivity index (χ0v) is 18.1. The molecule has 0 bridgehead atoms. The van der Waals surface area contributed by atoms with E-state index in [0.29, 0.717) is 29.0 Å². The number of anilines is 2. The molecule has 0 saturated carbocycles. The lowest BCUT2D eigenvalue weighted by atomic mass is 10.3. The van der Waals surface area contributed by atoms with Crippen LogP contribution in [0.25, 0.3) is 5.82 Å². The molecule has 10 heteroatoms. The molecule has 8 nitrogen and oxygen atoms in total. The number of urea groups is 1. The number of benzene rings is 2. The van der Waals surface area contributed by atoms with Gasteiger partial charge < -0.3 is 15.4 Å². The predicted octanol–water partition coefficient (Wildman–Crippen LogP) is 5.30. The minimum absolute atomic E-state index is 0.129. The maximum absolute atomic E-state index is 13.3. The fourth-order valence-electron chi connectivity index (χ4n) is 3.02. The SMILES string of the molecule is Cc1nc(Oc2ccc(NC(=O)Nc3ccc(F)c(F)c3)cc2)cc(-n2cnc(C)c2C)n1. The quantitative estimate of drug-likeness (QED) is 0.430. The summed E-state index contributed by atoms with van der Waals surface area (Å²) in [6.07, 6.45) is 1.70. The molecule has 0 fully saturated rings. The zero-order valence-electron chi connectivity index (χ0n) is 18.1. The number of carbonyl (C=O) groups excluding carboxylic acids is 1. The van der Waals surface area contributed by atoms with E-state index in [1.165, 1.54) is 6.07 Å². The van der Waals surface area contributed by atoms with Crippen LogP contribution < -0.4 is 15.4 Å². The second kappa shape index (κ2) is 9.03. The highest BCUT2D eigenvalue weighted by Crippen LogP contribution is 2.24. The average Bonchev–Trinajstić information content (AvgIpc) is 3.10. The van der Waals surface area contributed by atoms with Gasteiger partial charge in [0, 0.05) is 29.2 Å². The van der Waals surface area contributed by atoms with E-state index in [1.807, 2.05) is 18.4 Å². The van der Waals surface area contributed by atoms with Gasteiger partial charge in [0.2, 0.25) is 5.88 Å². The summed E-state index contributed by atoms with van der Waals surface area (Å²) >= 11 is 0. The van der Waals surface area contributed by atoms with Crippen LogP contribution in [0, 0.1) is 32.4 Å². The van der Waals surface area contributed by atoms with Crippen LogP contribution in [0.2, 0.25) is 0 Å². The number of amides is 2. The van der Waals surface area contributed by atoms with Gasteiger partial charge in [0.25, 0.3) is 0 Å². The summed E-state index contributed by atoms with van der Waals surface area (Å²) in [6.45, 7) is 5.65. The normalized spacial score (nSPS) is 10.7. The Hall–Kier alpha value is -4.34. The second-order valence-corrected chi connectivity index (χ2v) is 7.23. The molecule has 2 aromatic heterocycles. The van der Waals surface area contributed by atoms with Gasteiger partial charge >= 0.3 is 6.03 Å². The van der Waals surface area contributed by atoms with Gasteiger partial charge in [0.15, 0.2) is 11.6 Å². The number of halogens is 2. The summed E-state index contributed by atoms with van der Waals surface area (Å²) in [5.41, 5.74) is 2.48. The first-order valence-corrected chi connectivity index (χ1v) is 9.96. The van der Waals surface area contributed by atoms with Gasteiger partial charge in [-0.05, 0) is 57.2 Å². The maximum atomic E-state index is 13.3. The first-order chi connectivity index (χ1) is 15.8. The van der Waals surface area contributed by atoms with Crippen molar-refractivity contribution in [3.05, 3.63) is 83.7 Å².